The molecule has 0 fully saturated rings. The van der Waals surface area contributed by atoms with E-state index < -0.39 is 5.91 Å². The van der Waals surface area contributed by atoms with Gasteiger partial charge >= 0.3 is 0 Å². The Morgan fingerprint density at radius 1 is 1.04 bits per heavy atom. The summed E-state index contributed by atoms with van der Waals surface area (Å²) in [5.74, 6) is -0.387. The molecule has 3 aromatic heterocycles. The van der Waals surface area contributed by atoms with Gasteiger partial charge in [-0.1, -0.05) is 30.3 Å². The number of para-hydroxylation sites is 1. The van der Waals surface area contributed by atoms with Gasteiger partial charge in [-0.05, 0) is 24.3 Å². The maximum absolute atomic E-state index is 12.2. The molecule has 0 bridgehead atoms. The molecule has 0 radical (unpaired) electrons. The maximum atomic E-state index is 12.2. The van der Waals surface area contributed by atoms with Crippen LogP contribution in [0.15, 0.2) is 65.2 Å². The molecule has 5 rings (SSSR count). The molecular formula is C21H15N5O2. The number of nitrogen functional groups attached to an aromatic ring is 1. The van der Waals surface area contributed by atoms with Gasteiger partial charge in [0.05, 0.1) is 22.6 Å². The molecule has 5 N–H and O–H groups in total. The summed E-state index contributed by atoms with van der Waals surface area (Å²) >= 11 is 0. The zero-order chi connectivity index (χ0) is 19.3. The number of furan rings is 1. The highest BCUT2D eigenvalue weighted by Gasteiger charge is 2.20. The first-order chi connectivity index (χ1) is 13.6. The second-order valence-electron chi connectivity index (χ2n) is 6.41. The Hall–Kier alpha value is -4.13. The van der Waals surface area contributed by atoms with E-state index in [-0.39, 0.29) is 5.95 Å². The predicted molar refractivity (Wildman–Crippen MR) is 107 cm³/mol. The van der Waals surface area contributed by atoms with Crippen LogP contribution in [-0.2, 0) is 0 Å². The van der Waals surface area contributed by atoms with Crippen LogP contribution < -0.4 is 11.5 Å². The molecule has 0 aliphatic carbocycles. The smallest absolute Gasteiger partial charge is 0.250 e. The van der Waals surface area contributed by atoms with Gasteiger partial charge in [0.1, 0.15) is 11.2 Å². The highest BCUT2D eigenvalue weighted by molar-refractivity contribution is 6.14. The van der Waals surface area contributed by atoms with E-state index in [4.69, 9.17) is 15.9 Å². The second kappa shape index (κ2) is 5.95. The molecule has 2 aromatic carbocycles. The summed E-state index contributed by atoms with van der Waals surface area (Å²) in [4.78, 5) is 23.6. The number of nitrogens with zero attached hydrogens (tertiary/aromatic N) is 2. The van der Waals surface area contributed by atoms with E-state index >= 15 is 0 Å². The Morgan fingerprint density at radius 3 is 2.68 bits per heavy atom. The molecule has 0 saturated heterocycles. The van der Waals surface area contributed by atoms with E-state index in [1.807, 2.05) is 42.5 Å². The number of benzene rings is 2. The van der Waals surface area contributed by atoms with Crippen LogP contribution in [0.3, 0.4) is 0 Å². The molecule has 0 aliphatic rings. The summed E-state index contributed by atoms with van der Waals surface area (Å²) in [6.45, 7) is 0. The molecule has 7 nitrogen and oxygen atoms in total. The summed E-state index contributed by atoms with van der Waals surface area (Å²) in [5, 5.41) is 1.88. The van der Waals surface area contributed by atoms with Crippen molar-refractivity contribution in [3.8, 4) is 22.6 Å². The molecule has 0 atom stereocenters. The third-order valence-corrected chi connectivity index (χ3v) is 4.71. The van der Waals surface area contributed by atoms with Gasteiger partial charge in [-0.3, -0.25) is 4.79 Å². The zero-order valence-electron chi connectivity index (χ0n) is 14.6. The number of aromatic nitrogens is 3. The van der Waals surface area contributed by atoms with Gasteiger partial charge in [-0.25, -0.2) is 9.97 Å². The first kappa shape index (κ1) is 16.1. The van der Waals surface area contributed by atoms with Crippen molar-refractivity contribution in [1.82, 2.24) is 15.0 Å². The largest absolute Gasteiger partial charge is 0.456 e. The fourth-order valence-corrected chi connectivity index (χ4v) is 3.51. The van der Waals surface area contributed by atoms with Gasteiger partial charge in [0.15, 0.2) is 0 Å². The number of aromatic amines is 1. The molecule has 7 heteroatoms. The van der Waals surface area contributed by atoms with Crippen molar-refractivity contribution in [1.29, 1.82) is 0 Å². The van der Waals surface area contributed by atoms with Gasteiger partial charge in [0.25, 0.3) is 5.91 Å². The van der Waals surface area contributed by atoms with Crippen LogP contribution in [0.25, 0.3) is 44.6 Å². The zero-order valence-corrected chi connectivity index (χ0v) is 14.6. The number of amides is 1. The van der Waals surface area contributed by atoms with E-state index in [9.17, 15) is 4.79 Å². The van der Waals surface area contributed by atoms with Crippen LogP contribution in [0.5, 0.6) is 0 Å². The summed E-state index contributed by atoms with van der Waals surface area (Å²) in [6.07, 6.45) is 1.56. The van der Waals surface area contributed by atoms with Crippen molar-refractivity contribution in [2.75, 3.05) is 5.73 Å². The Morgan fingerprint density at radius 2 is 1.86 bits per heavy atom. The lowest BCUT2D eigenvalue weighted by Gasteiger charge is -2.04. The lowest BCUT2D eigenvalue weighted by molar-refractivity contribution is 0.100. The molecule has 0 unspecified atom stereocenters. The van der Waals surface area contributed by atoms with Gasteiger partial charge in [-0.2, -0.15) is 0 Å². The van der Waals surface area contributed by atoms with Gasteiger partial charge in [0.2, 0.25) is 5.95 Å². The Labute approximate surface area is 159 Å². The number of carbonyl (C=O) groups excluding carboxylic acids is 1. The highest BCUT2D eigenvalue weighted by Crippen LogP contribution is 2.38. The average molecular weight is 369 g/mol. The molecule has 1 amide bonds. The third kappa shape index (κ3) is 2.41. The van der Waals surface area contributed by atoms with Gasteiger partial charge in [0, 0.05) is 22.5 Å². The minimum absolute atomic E-state index is 0.150. The fourth-order valence-electron chi connectivity index (χ4n) is 3.51. The SMILES string of the molecule is NC(=O)c1cc(-c2ccnc(N)n2)[nH]c1-c1cccc2oc3ccccc3c12. The van der Waals surface area contributed by atoms with E-state index in [1.165, 1.54) is 0 Å². The molecule has 0 aliphatic heterocycles. The fraction of sp³-hybridized carbons (Fsp3) is 0. The second-order valence-corrected chi connectivity index (χ2v) is 6.41. The summed E-state index contributed by atoms with van der Waals surface area (Å²) in [7, 11) is 0. The number of hydrogen-bond donors (Lipinski definition) is 3. The van der Waals surface area contributed by atoms with E-state index in [2.05, 4.69) is 15.0 Å². The first-order valence-electron chi connectivity index (χ1n) is 8.64. The van der Waals surface area contributed by atoms with Crippen LogP contribution in [0.2, 0.25) is 0 Å². The predicted octanol–water partition coefficient (Wildman–Crippen LogP) is 3.72. The number of nitrogens with one attached hydrogen (secondary N) is 1. The van der Waals surface area contributed by atoms with Crippen LogP contribution in [0.4, 0.5) is 5.95 Å². The van der Waals surface area contributed by atoms with Gasteiger partial charge in [-0.15, -0.1) is 0 Å². The number of nitrogens with two attached hydrogens (primary N) is 2. The number of hydrogen-bond acceptors (Lipinski definition) is 5. The molecule has 0 saturated carbocycles. The van der Waals surface area contributed by atoms with Crippen molar-refractivity contribution in [3.05, 3.63) is 66.4 Å². The van der Waals surface area contributed by atoms with E-state index in [0.29, 0.717) is 22.6 Å². The van der Waals surface area contributed by atoms with Crippen molar-refractivity contribution in [2.45, 2.75) is 0 Å². The molecule has 136 valence electrons. The maximum Gasteiger partial charge on any atom is 0.250 e. The van der Waals surface area contributed by atoms with Crippen molar-refractivity contribution >= 4 is 33.8 Å². The van der Waals surface area contributed by atoms with E-state index in [0.717, 1.165) is 27.5 Å². The number of H-pyrrole nitrogens is 1. The number of carbonyl (C=O) groups is 1. The van der Waals surface area contributed by atoms with Crippen molar-refractivity contribution in [3.63, 3.8) is 0 Å². The minimum atomic E-state index is -0.538. The molecule has 28 heavy (non-hydrogen) atoms. The van der Waals surface area contributed by atoms with Crippen molar-refractivity contribution in [2.24, 2.45) is 5.73 Å². The quantitative estimate of drug-likeness (QED) is 0.447. The highest BCUT2D eigenvalue weighted by atomic mass is 16.3. The third-order valence-electron chi connectivity index (χ3n) is 4.71. The average Bonchev–Trinajstić information content (AvgIpc) is 3.30. The van der Waals surface area contributed by atoms with Crippen LogP contribution in [-0.4, -0.2) is 20.9 Å². The lowest BCUT2D eigenvalue weighted by atomic mass is 10.0. The van der Waals surface area contributed by atoms with Crippen LogP contribution in [0.1, 0.15) is 10.4 Å². The molecule has 3 heterocycles. The summed E-state index contributed by atoms with van der Waals surface area (Å²) < 4.78 is 5.95. The lowest BCUT2D eigenvalue weighted by Crippen LogP contribution is -2.11. The van der Waals surface area contributed by atoms with Crippen molar-refractivity contribution < 1.29 is 9.21 Å². The molecule has 5 aromatic rings. The van der Waals surface area contributed by atoms with Crippen LogP contribution in [0, 0.1) is 0 Å². The normalized spacial score (nSPS) is 11.3. The monoisotopic (exact) mass is 369 g/mol. The summed E-state index contributed by atoms with van der Waals surface area (Å²) in [5.41, 5.74) is 15.9. The number of anilines is 1. The van der Waals surface area contributed by atoms with Gasteiger partial charge < -0.3 is 20.9 Å². The minimum Gasteiger partial charge on any atom is -0.456 e. The first-order valence-corrected chi connectivity index (χ1v) is 8.64. The Bertz CT molecular complexity index is 1370. The number of fused-ring (bicyclic) bond motifs is 3. The Balaban J connectivity index is 1.81. The topological polar surface area (TPSA) is 124 Å². The number of rotatable bonds is 3. The summed E-state index contributed by atoms with van der Waals surface area (Å²) in [6, 6.07) is 16.9. The van der Waals surface area contributed by atoms with E-state index in [1.54, 1.807) is 18.3 Å². The van der Waals surface area contributed by atoms with Crippen LogP contribution >= 0.6 is 0 Å². The number of primary amides is 1. The standard InChI is InChI=1S/C21H15N5O2/c22-20(27)13-10-15(14-8-9-24-21(23)26-14)25-19(13)12-5-3-7-17-18(12)11-4-1-2-6-16(11)28-17/h1-10,25H,(H2,22,27)(H2,23,24,26). The Kier molecular flexibility index (Phi) is 3.42. The molecular weight excluding hydrogens is 354 g/mol. The molecule has 0 spiro atoms.